The zero-order chi connectivity index (χ0) is 26.9. The van der Waals surface area contributed by atoms with Gasteiger partial charge < -0.3 is 28.6 Å². The second kappa shape index (κ2) is 10.3. The van der Waals surface area contributed by atoms with Crippen LogP contribution in [0.1, 0.15) is 36.8 Å². The summed E-state index contributed by atoms with van der Waals surface area (Å²) in [7, 11) is 4.39. The molecule has 37 heavy (non-hydrogen) atoms. The van der Waals surface area contributed by atoms with Crippen molar-refractivity contribution in [1.82, 2.24) is 5.16 Å². The number of nitrogens with zero attached hydrogens (tertiary/aromatic N) is 2. The number of benzene rings is 2. The van der Waals surface area contributed by atoms with E-state index in [1.807, 2.05) is 13.8 Å². The van der Waals surface area contributed by atoms with Crippen molar-refractivity contribution in [2.45, 2.75) is 32.9 Å². The van der Waals surface area contributed by atoms with Crippen molar-refractivity contribution in [3.8, 4) is 23.0 Å². The van der Waals surface area contributed by atoms with Gasteiger partial charge in [0, 0.05) is 11.6 Å². The topological polar surface area (TPSA) is 121 Å². The van der Waals surface area contributed by atoms with Gasteiger partial charge in [-0.05, 0) is 62.7 Å². The zero-order valence-electron chi connectivity index (χ0n) is 21.4. The van der Waals surface area contributed by atoms with E-state index < -0.39 is 17.7 Å². The number of amides is 1. The lowest BCUT2D eigenvalue weighted by Gasteiger charge is -2.24. The van der Waals surface area contributed by atoms with Gasteiger partial charge in [0.1, 0.15) is 17.3 Å². The summed E-state index contributed by atoms with van der Waals surface area (Å²) >= 11 is 0. The number of hydrogen-bond acceptors (Lipinski definition) is 9. The first kappa shape index (κ1) is 25.6. The van der Waals surface area contributed by atoms with Crippen LogP contribution in [-0.4, -0.2) is 49.4 Å². The number of anilines is 1. The summed E-state index contributed by atoms with van der Waals surface area (Å²) in [5.41, 5.74) is 0.635. The van der Waals surface area contributed by atoms with Gasteiger partial charge in [0.25, 0.3) is 5.78 Å². The molecule has 1 aliphatic heterocycles. The smallest absolute Gasteiger partial charge is 0.301 e. The van der Waals surface area contributed by atoms with E-state index in [4.69, 9.17) is 23.5 Å². The van der Waals surface area contributed by atoms with Gasteiger partial charge in [-0.2, -0.15) is 0 Å². The third-order valence-electron chi connectivity index (χ3n) is 5.81. The maximum absolute atomic E-state index is 13.4. The number of aryl methyl sites for hydroxylation is 1. The number of aliphatic hydroxyl groups is 1. The second-order valence-corrected chi connectivity index (χ2v) is 8.61. The standard InChI is InChI=1S/C27H28N2O8/c1-14(2)36-18-9-7-16(8-10-18)24(30)22-23(17-12-19(33-4)26(35-6)20(13-17)34-5)29(27(32)25(22)31)21-11-15(3)37-28-21/h7-14,23,30H,1-6H3/b24-22+/t23-/m0/s1. The molecule has 1 N–H and O–H groups in total. The largest absolute Gasteiger partial charge is 0.507 e. The Morgan fingerprint density at radius 1 is 1.00 bits per heavy atom. The summed E-state index contributed by atoms with van der Waals surface area (Å²) in [5, 5.41) is 15.3. The van der Waals surface area contributed by atoms with Crippen molar-refractivity contribution in [3.63, 3.8) is 0 Å². The molecular formula is C27H28N2O8. The average Bonchev–Trinajstić information content (AvgIpc) is 3.42. The highest BCUT2D eigenvalue weighted by atomic mass is 16.5. The van der Waals surface area contributed by atoms with Gasteiger partial charge in [-0.15, -0.1) is 0 Å². The summed E-state index contributed by atoms with van der Waals surface area (Å²) in [6.45, 7) is 5.47. The van der Waals surface area contributed by atoms with Crippen molar-refractivity contribution in [2.75, 3.05) is 26.2 Å². The van der Waals surface area contributed by atoms with E-state index in [0.717, 1.165) is 0 Å². The Morgan fingerprint density at radius 3 is 2.11 bits per heavy atom. The number of methoxy groups -OCH3 is 3. The Bertz CT molecular complexity index is 1330. The first-order valence-corrected chi connectivity index (χ1v) is 11.5. The average molecular weight is 509 g/mol. The molecule has 0 saturated carbocycles. The molecule has 2 aromatic carbocycles. The SMILES string of the molecule is COc1cc([C@H]2/C(=C(\O)c3ccc(OC(C)C)cc3)C(=O)C(=O)N2c2cc(C)on2)cc(OC)c1OC. The second-order valence-electron chi connectivity index (χ2n) is 8.61. The molecule has 1 saturated heterocycles. The Labute approximate surface area is 214 Å². The highest BCUT2D eigenvalue weighted by molar-refractivity contribution is 6.51. The van der Waals surface area contributed by atoms with Crippen molar-refractivity contribution in [1.29, 1.82) is 0 Å². The Morgan fingerprint density at radius 2 is 1.62 bits per heavy atom. The van der Waals surface area contributed by atoms with Crippen LogP contribution in [0.25, 0.3) is 5.76 Å². The molecule has 4 rings (SSSR count). The number of aromatic nitrogens is 1. The molecule has 0 radical (unpaired) electrons. The van der Waals surface area contributed by atoms with Crippen LogP contribution in [0.15, 0.2) is 52.6 Å². The monoisotopic (exact) mass is 508 g/mol. The van der Waals surface area contributed by atoms with Gasteiger partial charge in [0.15, 0.2) is 17.3 Å². The lowest BCUT2D eigenvalue weighted by atomic mass is 9.94. The van der Waals surface area contributed by atoms with Gasteiger partial charge in [-0.1, -0.05) is 5.16 Å². The molecule has 0 spiro atoms. The van der Waals surface area contributed by atoms with Gasteiger partial charge >= 0.3 is 5.91 Å². The van der Waals surface area contributed by atoms with Crippen molar-refractivity contribution < 1.29 is 38.2 Å². The molecule has 0 aliphatic carbocycles. The first-order valence-electron chi connectivity index (χ1n) is 11.5. The number of Topliss-reactive ketones (excluding diaryl/α,β-unsaturated/α-hetero) is 1. The predicted molar refractivity (Wildman–Crippen MR) is 134 cm³/mol. The molecule has 1 fully saturated rings. The predicted octanol–water partition coefficient (Wildman–Crippen LogP) is 4.42. The molecule has 0 unspecified atom stereocenters. The third kappa shape index (κ3) is 4.69. The van der Waals surface area contributed by atoms with Crippen LogP contribution in [0.3, 0.4) is 0 Å². The zero-order valence-corrected chi connectivity index (χ0v) is 21.4. The van der Waals surface area contributed by atoms with E-state index in [-0.39, 0.29) is 23.3 Å². The van der Waals surface area contributed by atoms with Gasteiger partial charge in [0.05, 0.1) is 39.0 Å². The highest BCUT2D eigenvalue weighted by Gasteiger charge is 2.48. The first-order chi connectivity index (χ1) is 17.7. The van der Waals surface area contributed by atoms with Crippen LogP contribution in [-0.2, 0) is 9.59 Å². The fraction of sp³-hybridized carbons (Fsp3) is 0.296. The van der Waals surface area contributed by atoms with Gasteiger partial charge in [-0.25, -0.2) is 0 Å². The molecule has 194 valence electrons. The molecule has 2 heterocycles. The van der Waals surface area contributed by atoms with Gasteiger partial charge in [0.2, 0.25) is 5.75 Å². The molecule has 1 amide bonds. The van der Waals surface area contributed by atoms with Crippen molar-refractivity contribution in [3.05, 3.63) is 64.9 Å². The van der Waals surface area contributed by atoms with Crippen LogP contribution in [0.4, 0.5) is 5.82 Å². The Balaban J connectivity index is 1.94. The minimum atomic E-state index is -1.07. The fourth-order valence-electron chi connectivity index (χ4n) is 4.23. The molecule has 3 aromatic rings. The lowest BCUT2D eigenvalue weighted by molar-refractivity contribution is -0.132. The number of carbonyl (C=O) groups excluding carboxylic acids is 2. The molecular weight excluding hydrogens is 480 g/mol. The van der Waals surface area contributed by atoms with Crippen molar-refractivity contribution >= 4 is 23.3 Å². The van der Waals surface area contributed by atoms with Gasteiger partial charge in [-0.3, -0.25) is 14.5 Å². The molecule has 1 atom stereocenters. The molecule has 0 bridgehead atoms. The molecule has 10 nitrogen and oxygen atoms in total. The van der Waals surface area contributed by atoms with E-state index in [2.05, 4.69) is 5.16 Å². The van der Waals surface area contributed by atoms with Crippen molar-refractivity contribution in [2.24, 2.45) is 0 Å². The van der Waals surface area contributed by atoms with Crippen LogP contribution >= 0.6 is 0 Å². The number of rotatable bonds is 8. The minimum absolute atomic E-state index is 0.0317. The number of aliphatic hydroxyl groups excluding tert-OH is 1. The molecule has 1 aliphatic rings. The van der Waals surface area contributed by atoms with E-state index >= 15 is 0 Å². The van der Waals surface area contributed by atoms with Crippen LogP contribution < -0.4 is 23.8 Å². The molecule has 1 aromatic heterocycles. The van der Waals surface area contributed by atoms with E-state index in [1.165, 1.54) is 32.3 Å². The van der Waals surface area contributed by atoms with Crippen LogP contribution in [0, 0.1) is 6.92 Å². The number of hydrogen-bond donors (Lipinski definition) is 1. The van der Waals surface area contributed by atoms with E-state index in [9.17, 15) is 14.7 Å². The summed E-state index contributed by atoms with van der Waals surface area (Å²) in [4.78, 5) is 27.8. The van der Waals surface area contributed by atoms with Crippen LogP contribution in [0.2, 0.25) is 0 Å². The molecule has 10 heteroatoms. The summed E-state index contributed by atoms with van der Waals surface area (Å²) < 4.78 is 27.2. The normalized spacial score (nSPS) is 16.8. The maximum atomic E-state index is 13.4. The number of ether oxygens (including phenoxy) is 4. The van der Waals surface area contributed by atoms with E-state index in [1.54, 1.807) is 43.3 Å². The highest BCUT2D eigenvalue weighted by Crippen LogP contribution is 2.47. The number of ketones is 1. The Kier molecular flexibility index (Phi) is 7.10. The Hall–Kier alpha value is -4.47. The summed E-state index contributed by atoms with van der Waals surface area (Å²) in [6.07, 6.45) is -0.0317. The number of carbonyl (C=O) groups is 2. The van der Waals surface area contributed by atoms with E-state index in [0.29, 0.717) is 39.9 Å². The third-order valence-corrected chi connectivity index (χ3v) is 5.81. The van der Waals surface area contributed by atoms with Crippen LogP contribution in [0.5, 0.6) is 23.0 Å². The maximum Gasteiger partial charge on any atom is 0.301 e. The summed E-state index contributed by atoms with van der Waals surface area (Å²) in [6, 6.07) is 10.3. The lowest BCUT2D eigenvalue weighted by Crippen LogP contribution is -2.29. The summed E-state index contributed by atoms with van der Waals surface area (Å²) in [5.74, 6) is 0.0425. The fourth-order valence-corrected chi connectivity index (χ4v) is 4.23. The minimum Gasteiger partial charge on any atom is -0.507 e. The quantitative estimate of drug-likeness (QED) is 0.268.